The third-order valence-electron chi connectivity index (χ3n) is 10.6. The van der Waals surface area contributed by atoms with Crippen LogP contribution in [-0.2, 0) is 0 Å². The van der Waals surface area contributed by atoms with Gasteiger partial charge in [0, 0.05) is 58.9 Å². The molecule has 0 saturated carbocycles. The van der Waals surface area contributed by atoms with Crippen molar-refractivity contribution in [1.29, 1.82) is 0 Å². The van der Waals surface area contributed by atoms with Crippen molar-refractivity contribution < 1.29 is 0 Å². The third kappa shape index (κ3) is 5.48. The quantitative estimate of drug-likeness (QED) is 0.171. The van der Waals surface area contributed by atoms with Crippen LogP contribution in [0, 0.1) is 0 Å². The topological polar surface area (TPSA) is 43.1 Å². The fourth-order valence-corrected chi connectivity index (χ4v) is 9.10. The minimum Gasteiger partial charge on any atom is -0.231 e. The van der Waals surface area contributed by atoms with Crippen molar-refractivity contribution in [2.24, 2.45) is 0 Å². The molecule has 0 fully saturated rings. The van der Waals surface area contributed by atoms with Crippen LogP contribution in [0.25, 0.3) is 104 Å². The van der Waals surface area contributed by atoms with Crippen molar-refractivity contribution in [1.82, 2.24) is 19.6 Å². The maximum Gasteiger partial charge on any atom is 0.160 e. The van der Waals surface area contributed by atoms with E-state index in [0.29, 0.717) is 5.82 Å². The molecular formula is C51H32N4S. The number of thiophene rings is 1. The number of aromatic nitrogens is 4. The van der Waals surface area contributed by atoms with E-state index in [2.05, 4.69) is 193 Å². The summed E-state index contributed by atoms with van der Waals surface area (Å²) >= 11 is 1.82. The summed E-state index contributed by atoms with van der Waals surface area (Å²) in [4.78, 5) is 10.5. The summed E-state index contributed by atoms with van der Waals surface area (Å²) in [5.74, 6) is 0.667. The predicted molar refractivity (Wildman–Crippen MR) is 234 cm³/mol. The smallest absolute Gasteiger partial charge is 0.160 e. The molecule has 56 heavy (non-hydrogen) atoms. The van der Waals surface area contributed by atoms with Gasteiger partial charge in [-0.1, -0.05) is 164 Å². The molecule has 7 aromatic carbocycles. The summed E-state index contributed by atoms with van der Waals surface area (Å²) in [6.07, 6.45) is 0. The van der Waals surface area contributed by atoms with Crippen molar-refractivity contribution in [3.05, 3.63) is 194 Å². The van der Waals surface area contributed by atoms with Gasteiger partial charge < -0.3 is 0 Å². The second kappa shape index (κ2) is 13.3. The van der Waals surface area contributed by atoms with Crippen LogP contribution in [0.1, 0.15) is 0 Å². The zero-order valence-electron chi connectivity index (χ0n) is 30.2. The van der Waals surface area contributed by atoms with Crippen molar-refractivity contribution in [2.45, 2.75) is 0 Å². The van der Waals surface area contributed by atoms with Gasteiger partial charge in [0.2, 0.25) is 0 Å². The van der Waals surface area contributed by atoms with E-state index in [1.807, 2.05) is 17.4 Å². The van der Waals surface area contributed by atoms with Gasteiger partial charge in [0.15, 0.2) is 5.82 Å². The Morgan fingerprint density at radius 2 is 1.00 bits per heavy atom. The number of fused-ring (bicyclic) bond motifs is 6. The molecule has 0 saturated heterocycles. The second-order valence-electron chi connectivity index (χ2n) is 14.1. The minimum atomic E-state index is 0.667. The molecule has 0 aliphatic rings. The van der Waals surface area contributed by atoms with Crippen LogP contribution in [0.4, 0.5) is 0 Å². The highest BCUT2D eigenvalue weighted by atomic mass is 32.1. The highest BCUT2D eigenvalue weighted by Gasteiger charge is 2.22. The molecule has 262 valence electrons. The SMILES string of the molecule is c1ccc(-c2cc(-c3ccc4c(c3)sc3ccccc34)nc(-c3cccc(-c4nn5c(-c6ccccc6)cc6ccccc6c5c4-c4ccccc4)c3)n2)cc1. The van der Waals surface area contributed by atoms with E-state index in [-0.39, 0.29) is 0 Å². The molecule has 0 spiro atoms. The summed E-state index contributed by atoms with van der Waals surface area (Å²) in [7, 11) is 0. The van der Waals surface area contributed by atoms with Gasteiger partial charge in [-0.05, 0) is 41.3 Å². The number of nitrogens with zero attached hydrogens (tertiary/aromatic N) is 4. The van der Waals surface area contributed by atoms with E-state index in [0.717, 1.165) is 72.6 Å². The molecule has 4 aromatic heterocycles. The molecule has 0 aliphatic heterocycles. The molecular weight excluding hydrogens is 701 g/mol. The monoisotopic (exact) mass is 732 g/mol. The molecule has 0 radical (unpaired) electrons. The second-order valence-corrected chi connectivity index (χ2v) is 15.1. The van der Waals surface area contributed by atoms with Gasteiger partial charge in [-0.25, -0.2) is 14.5 Å². The molecule has 0 N–H and O–H groups in total. The maximum absolute atomic E-state index is 5.47. The first kappa shape index (κ1) is 32.2. The fraction of sp³-hybridized carbons (Fsp3) is 0. The molecule has 5 heteroatoms. The Hall–Kier alpha value is -7.21. The van der Waals surface area contributed by atoms with Crippen molar-refractivity contribution in [3.8, 4) is 67.5 Å². The fourth-order valence-electron chi connectivity index (χ4n) is 7.95. The third-order valence-corrected chi connectivity index (χ3v) is 11.8. The normalized spacial score (nSPS) is 11.6. The molecule has 4 heterocycles. The van der Waals surface area contributed by atoms with E-state index in [1.165, 1.54) is 25.6 Å². The van der Waals surface area contributed by atoms with Crippen LogP contribution in [0.2, 0.25) is 0 Å². The van der Waals surface area contributed by atoms with Crippen LogP contribution in [0.15, 0.2) is 194 Å². The van der Waals surface area contributed by atoms with Gasteiger partial charge in [-0.15, -0.1) is 11.3 Å². The Balaban J connectivity index is 1.13. The van der Waals surface area contributed by atoms with Crippen LogP contribution >= 0.6 is 11.3 Å². The lowest BCUT2D eigenvalue weighted by Crippen LogP contribution is -1.96. The van der Waals surface area contributed by atoms with Gasteiger partial charge in [-0.2, -0.15) is 5.10 Å². The summed E-state index contributed by atoms with van der Waals surface area (Å²) in [5, 5.41) is 10.4. The standard InChI is InChI=1S/C51H32N4S/c1-4-15-33(16-5-1)43-32-44(37-27-28-42-41-25-12-13-26-46(41)56-47(42)31-37)53-51(52-43)39-23-14-22-38(29-39)49-48(35-19-8-3-9-20-35)50-40-24-11-10-21-36(40)30-45(55(50)54-49)34-17-6-2-7-18-34/h1-32H. The van der Waals surface area contributed by atoms with E-state index in [9.17, 15) is 0 Å². The molecule has 4 nitrogen and oxygen atoms in total. The first-order chi connectivity index (χ1) is 27.7. The Labute approximate surface area is 327 Å². The molecule has 11 rings (SSSR count). The lowest BCUT2D eigenvalue weighted by Gasteiger charge is -2.11. The summed E-state index contributed by atoms with van der Waals surface area (Å²) in [5.41, 5.74) is 12.1. The van der Waals surface area contributed by atoms with Crippen LogP contribution in [0.3, 0.4) is 0 Å². The lowest BCUT2D eigenvalue weighted by molar-refractivity contribution is 0.979. The van der Waals surface area contributed by atoms with Gasteiger partial charge in [-0.3, -0.25) is 0 Å². The Morgan fingerprint density at radius 3 is 1.79 bits per heavy atom. The predicted octanol–water partition coefficient (Wildman–Crippen LogP) is 13.6. The number of benzene rings is 7. The van der Waals surface area contributed by atoms with Crippen LogP contribution in [0.5, 0.6) is 0 Å². The molecule has 0 bridgehead atoms. The molecule has 0 atom stereocenters. The van der Waals surface area contributed by atoms with Crippen LogP contribution in [-0.4, -0.2) is 19.6 Å². The molecule has 11 aromatic rings. The average Bonchev–Trinajstić information content (AvgIpc) is 3.86. The Morgan fingerprint density at radius 1 is 0.393 bits per heavy atom. The first-order valence-corrected chi connectivity index (χ1v) is 19.6. The number of pyridine rings is 1. The van der Waals surface area contributed by atoms with Gasteiger partial charge in [0.05, 0.1) is 22.6 Å². The summed E-state index contributed by atoms with van der Waals surface area (Å²) < 4.78 is 4.67. The van der Waals surface area contributed by atoms with Crippen molar-refractivity contribution in [2.75, 3.05) is 0 Å². The van der Waals surface area contributed by atoms with Crippen LogP contribution < -0.4 is 0 Å². The number of hydrogen-bond donors (Lipinski definition) is 0. The first-order valence-electron chi connectivity index (χ1n) is 18.8. The number of rotatable bonds is 6. The number of hydrogen-bond acceptors (Lipinski definition) is 4. The highest BCUT2D eigenvalue weighted by Crippen LogP contribution is 2.42. The largest absolute Gasteiger partial charge is 0.231 e. The van der Waals surface area contributed by atoms with Gasteiger partial charge >= 0.3 is 0 Å². The average molecular weight is 733 g/mol. The zero-order chi connectivity index (χ0) is 37.0. The van der Waals surface area contributed by atoms with Gasteiger partial charge in [0.25, 0.3) is 0 Å². The summed E-state index contributed by atoms with van der Waals surface area (Å²) in [6.45, 7) is 0. The maximum atomic E-state index is 5.47. The summed E-state index contributed by atoms with van der Waals surface area (Å²) in [6, 6.07) is 68.4. The Kier molecular flexibility index (Phi) is 7.64. The van der Waals surface area contributed by atoms with E-state index < -0.39 is 0 Å². The van der Waals surface area contributed by atoms with E-state index in [1.54, 1.807) is 0 Å². The highest BCUT2D eigenvalue weighted by molar-refractivity contribution is 7.25. The van der Waals surface area contributed by atoms with E-state index in [4.69, 9.17) is 15.1 Å². The Bertz CT molecular complexity index is 3240. The zero-order valence-corrected chi connectivity index (χ0v) is 31.0. The lowest BCUT2D eigenvalue weighted by atomic mass is 9.96. The molecule has 0 aliphatic carbocycles. The molecule has 0 unspecified atom stereocenters. The molecule has 0 amide bonds. The van der Waals surface area contributed by atoms with E-state index >= 15 is 0 Å². The van der Waals surface area contributed by atoms with Gasteiger partial charge in [0.1, 0.15) is 5.69 Å². The minimum absolute atomic E-state index is 0.667. The van der Waals surface area contributed by atoms with Crippen molar-refractivity contribution >= 4 is 47.8 Å². The van der Waals surface area contributed by atoms with Crippen molar-refractivity contribution in [3.63, 3.8) is 0 Å².